The maximum atomic E-state index is 5.96. The number of hydrogen-bond donors (Lipinski definition) is 3. The predicted molar refractivity (Wildman–Crippen MR) is 129 cm³/mol. The fourth-order valence-electron chi connectivity index (χ4n) is 2.79. The summed E-state index contributed by atoms with van der Waals surface area (Å²) in [6.07, 6.45) is 1.43. The SMILES string of the molecule is CN=C(NCc1cccc(-c2ncn[nH]2)c1)NCC(C)Oc1ccccc1OC.I. The quantitative estimate of drug-likeness (QED) is 0.239. The number of hydrogen-bond acceptors (Lipinski definition) is 5. The van der Waals surface area contributed by atoms with Crippen molar-refractivity contribution < 1.29 is 9.47 Å². The molecule has 1 unspecified atom stereocenters. The van der Waals surface area contributed by atoms with Crippen molar-refractivity contribution in [1.29, 1.82) is 0 Å². The Bertz CT molecular complexity index is 933. The first kappa shape index (κ1) is 23.5. The summed E-state index contributed by atoms with van der Waals surface area (Å²) in [5, 5.41) is 13.4. The number of aromatic nitrogens is 3. The summed E-state index contributed by atoms with van der Waals surface area (Å²) in [6, 6.07) is 15.7. The van der Waals surface area contributed by atoms with Crippen molar-refractivity contribution in [3.8, 4) is 22.9 Å². The number of halogens is 1. The van der Waals surface area contributed by atoms with Crippen LogP contribution in [-0.4, -0.2) is 47.9 Å². The highest BCUT2D eigenvalue weighted by atomic mass is 127. The number of nitrogens with one attached hydrogen (secondary N) is 3. The first-order chi connectivity index (χ1) is 14.2. The fourth-order valence-corrected chi connectivity index (χ4v) is 2.79. The highest BCUT2D eigenvalue weighted by Crippen LogP contribution is 2.26. The number of para-hydroxylation sites is 2. The van der Waals surface area contributed by atoms with Gasteiger partial charge in [0.15, 0.2) is 23.3 Å². The molecular formula is C21H27IN6O2. The standard InChI is InChI=1S/C21H26N6O2.HI/c1-15(29-19-10-5-4-9-18(19)28-3)12-23-21(22-2)24-13-16-7-6-8-17(11-16)20-25-14-26-27-20;/h4-11,14-15H,12-13H2,1-3H3,(H2,22,23,24)(H,25,26,27);1H. The molecule has 160 valence electrons. The molecule has 9 heteroatoms. The molecule has 3 N–H and O–H groups in total. The molecule has 1 aromatic heterocycles. The Labute approximate surface area is 193 Å². The van der Waals surface area contributed by atoms with Crippen molar-refractivity contribution >= 4 is 29.9 Å². The molecule has 30 heavy (non-hydrogen) atoms. The summed E-state index contributed by atoms with van der Waals surface area (Å²) in [6.45, 7) is 3.22. The second kappa shape index (κ2) is 12.0. The number of ether oxygens (including phenoxy) is 2. The molecule has 0 aliphatic rings. The van der Waals surface area contributed by atoms with E-state index in [9.17, 15) is 0 Å². The minimum absolute atomic E-state index is 0. The largest absolute Gasteiger partial charge is 0.493 e. The van der Waals surface area contributed by atoms with Crippen molar-refractivity contribution in [3.63, 3.8) is 0 Å². The van der Waals surface area contributed by atoms with Crippen LogP contribution in [0.15, 0.2) is 59.9 Å². The third kappa shape index (κ3) is 6.61. The van der Waals surface area contributed by atoms with E-state index in [1.54, 1.807) is 14.2 Å². The number of guanidine groups is 1. The van der Waals surface area contributed by atoms with Gasteiger partial charge in [0.05, 0.1) is 13.7 Å². The lowest BCUT2D eigenvalue weighted by atomic mass is 10.1. The van der Waals surface area contributed by atoms with E-state index in [1.165, 1.54) is 6.33 Å². The van der Waals surface area contributed by atoms with Gasteiger partial charge in [0, 0.05) is 19.2 Å². The fraction of sp³-hybridized carbons (Fsp3) is 0.286. The van der Waals surface area contributed by atoms with Crippen molar-refractivity contribution in [2.24, 2.45) is 4.99 Å². The van der Waals surface area contributed by atoms with Gasteiger partial charge in [-0.3, -0.25) is 10.1 Å². The molecule has 0 aliphatic heterocycles. The van der Waals surface area contributed by atoms with E-state index in [2.05, 4.69) is 36.9 Å². The average Bonchev–Trinajstić information content (AvgIpc) is 3.29. The molecule has 8 nitrogen and oxygen atoms in total. The van der Waals surface area contributed by atoms with E-state index in [-0.39, 0.29) is 30.1 Å². The monoisotopic (exact) mass is 522 g/mol. The molecule has 0 radical (unpaired) electrons. The maximum Gasteiger partial charge on any atom is 0.191 e. The Morgan fingerprint density at radius 3 is 2.63 bits per heavy atom. The molecule has 1 heterocycles. The van der Waals surface area contributed by atoms with Crippen LogP contribution in [0.2, 0.25) is 0 Å². The van der Waals surface area contributed by atoms with Crippen molar-refractivity contribution in [2.75, 3.05) is 20.7 Å². The van der Waals surface area contributed by atoms with Gasteiger partial charge in [0.2, 0.25) is 0 Å². The number of aromatic amines is 1. The summed E-state index contributed by atoms with van der Waals surface area (Å²) in [5.74, 6) is 2.88. The minimum Gasteiger partial charge on any atom is -0.493 e. The van der Waals surface area contributed by atoms with E-state index in [0.29, 0.717) is 24.8 Å². The van der Waals surface area contributed by atoms with Crippen LogP contribution in [0, 0.1) is 0 Å². The van der Waals surface area contributed by atoms with Gasteiger partial charge in [-0.2, -0.15) is 5.10 Å². The molecule has 1 atom stereocenters. The highest BCUT2D eigenvalue weighted by molar-refractivity contribution is 14.0. The molecule has 0 fully saturated rings. The Balaban J connectivity index is 0.00000320. The number of benzene rings is 2. The number of nitrogens with zero attached hydrogens (tertiary/aromatic N) is 3. The van der Waals surface area contributed by atoms with Gasteiger partial charge in [-0.25, -0.2) is 4.98 Å². The van der Waals surface area contributed by atoms with Crippen molar-refractivity contribution in [3.05, 3.63) is 60.4 Å². The Morgan fingerprint density at radius 1 is 1.13 bits per heavy atom. The van der Waals surface area contributed by atoms with Gasteiger partial charge in [-0.05, 0) is 30.7 Å². The number of aliphatic imine (C=N–C) groups is 1. The summed E-state index contributed by atoms with van der Waals surface area (Å²) in [4.78, 5) is 8.46. The average molecular weight is 522 g/mol. The van der Waals surface area contributed by atoms with Gasteiger partial charge >= 0.3 is 0 Å². The Morgan fingerprint density at radius 2 is 1.93 bits per heavy atom. The van der Waals surface area contributed by atoms with Crippen LogP contribution >= 0.6 is 24.0 Å². The Hall–Kier alpha value is -2.82. The van der Waals surface area contributed by atoms with Gasteiger partial charge in [0.25, 0.3) is 0 Å². The molecule has 2 aromatic carbocycles. The van der Waals surface area contributed by atoms with Gasteiger partial charge in [-0.15, -0.1) is 24.0 Å². The van der Waals surface area contributed by atoms with E-state index in [1.807, 2.05) is 49.4 Å². The van der Waals surface area contributed by atoms with Crippen molar-refractivity contribution in [1.82, 2.24) is 25.8 Å². The first-order valence-electron chi connectivity index (χ1n) is 9.38. The summed E-state index contributed by atoms with van der Waals surface area (Å²) in [5.41, 5.74) is 2.10. The van der Waals surface area contributed by atoms with Crippen LogP contribution in [0.4, 0.5) is 0 Å². The molecule has 0 spiro atoms. The molecule has 3 rings (SSSR count). The zero-order chi connectivity index (χ0) is 20.5. The van der Waals surface area contributed by atoms with Crippen LogP contribution in [0.1, 0.15) is 12.5 Å². The number of methoxy groups -OCH3 is 1. The van der Waals surface area contributed by atoms with Crippen LogP contribution < -0.4 is 20.1 Å². The van der Waals surface area contributed by atoms with Crippen LogP contribution in [0.3, 0.4) is 0 Å². The zero-order valence-electron chi connectivity index (χ0n) is 17.3. The van der Waals surface area contributed by atoms with E-state index < -0.39 is 0 Å². The summed E-state index contributed by atoms with van der Waals surface area (Å²) in [7, 11) is 3.38. The Kier molecular flexibility index (Phi) is 9.39. The molecule has 0 saturated heterocycles. The first-order valence-corrected chi connectivity index (χ1v) is 9.38. The van der Waals surface area contributed by atoms with E-state index >= 15 is 0 Å². The van der Waals surface area contributed by atoms with E-state index in [0.717, 1.165) is 22.7 Å². The van der Waals surface area contributed by atoms with Crippen LogP contribution in [-0.2, 0) is 6.54 Å². The van der Waals surface area contributed by atoms with Gasteiger partial charge < -0.3 is 20.1 Å². The zero-order valence-corrected chi connectivity index (χ0v) is 19.6. The second-order valence-electron chi connectivity index (χ2n) is 6.42. The smallest absolute Gasteiger partial charge is 0.191 e. The highest BCUT2D eigenvalue weighted by Gasteiger charge is 2.09. The normalized spacial score (nSPS) is 11.9. The minimum atomic E-state index is -0.0698. The third-order valence-electron chi connectivity index (χ3n) is 4.25. The van der Waals surface area contributed by atoms with Crippen LogP contribution in [0.5, 0.6) is 11.5 Å². The number of H-pyrrole nitrogens is 1. The third-order valence-corrected chi connectivity index (χ3v) is 4.25. The van der Waals surface area contributed by atoms with Gasteiger partial charge in [-0.1, -0.05) is 30.3 Å². The number of rotatable bonds is 8. The summed E-state index contributed by atoms with van der Waals surface area (Å²) >= 11 is 0. The molecule has 0 saturated carbocycles. The van der Waals surface area contributed by atoms with Crippen molar-refractivity contribution in [2.45, 2.75) is 19.6 Å². The topological polar surface area (TPSA) is 96.5 Å². The lowest BCUT2D eigenvalue weighted by Crippen LogP contribution is -2.41. The molecule has 0 amide bonds. The summed E-state index contributed by atoms with van der Waals surface area (Å²) < 4.78 is 11.3. The second-order valence-corrected chi connectivity index (χ2v) is 6.42. The maximum absolute atomic E-state index is 5.96. The molecule has 0 aliphatic carbocycles. The lowest BCUT2D eigenvalue weighted by molar-refractivity contribution is 0.213. The predicted octanol–water partition coefficient (Wildman–Crippen LogP) is 3.23. The molecular weight excluding hydrogens is 495 g/mol. The van der Waals surface area contributed by atoms with E-state index in [4.69, 9.17) is 9.47 Å². The molecule has 3 aromatic rings. The molecule has 0 bridgehead atoms. The van der Waals surface area contributed by atoms with Crippen LogP contribution in [0.25, 0.3) is 11.4 Å². The van der Waals surface area contributed by atoms with Gasteiger partial charge in [0.1, 0.15) is 12.4 Å². The lowest BCUT2D eigenvalue weighted by Gasteiger charge is -2.19.